The summed E-state index contributed by atoms with van der Waals surface area (Å²) in [6.07, 6.45) is 5.93. The highest BCUT2D eigenvalue weighted by Crippen LogP contribution is 2.22. The third-order valence-electron chi connectivity index (χ3n) is 4.56. The minimum Gasteiger partial charge on any atom is -0.392 e. The molecule has 27 heavy (non-hydrogen) atoms. The predicted molar refractivity (Wildman–Crippen MR) is 104 cm³/mol. The number of β-amino-alcohol motifs (C(OH)–C–C–N with tert-alkyl or cyclic N) is 1. The lowest BCUT2D eigenvalue weighted by Gasteiger charge is -2.16. The van der Waals surface area contributed by atoms with Gasteiger partial charge in [-0.1, -0.05) is 6.07 Å². The Bertz CT molecular complexity index is 816. The van der Waals surface area contributed by atoms with Gasteiger partial charge in [0.25, 0.3) is 0 Å². The van der Waals surface area contributed by atoms with Gasteiger partial charge in [-0.2, -0.15) is 0 Å². The monoisotopic (exact) mass is 362 g/mol. The van der Waals surface area contributed by atoms with Crippen molar-refractivity contribution in [2.24, 2.45) is 0 Å². The van der Waals surface area contributed by atoms with Crippen molar-refractivity contribution in [2.45, 2.75) is 12.5 Å². The molecule has 3 aromatic heterocycles. The fourth-order valence-electron chi connectivity index (χ4n) is 3.17. The summed E-state index contributed by atoms with van der Waals surface area (Å²) in [7, 11) is 0. The number of aromatic nitrogens is 4. The summed E-state index contributed by atoms with van der Waals surface area (Å²) in [5.74, 6) is 1.33. The van der Waals surface area contributed by atoms with Crippen LogP contribution in [0.2, 0.25) is 0 Å². The molecule has 3 aromatic rings. The number of nitrogens with one attached hydrogen (secondary N) is 1. The first-order valence-electron chi connectivity index (χ1n) is 9.13. The van der Waals surface area contributed by atoms with Gasteiger partial charge in [0, 0.05) is 56.4 Å². The highest BCUT2D eigenvalue weighted by atomic mass is 16.3. The molecule has 0 aromatic carbocycles. The molecule has 1 aliphatic rings. The molecule has 0 saturated carbocycles. The largest absolute Gasteiger partial charge is 0.392 e. The molecule has 0 unspecified atom stereocenters. The minimum absolute atomic E-state index is 0.197. The molecule has 0 amide bonds. The summed E-state index contributed by atoms with van der Waals surface area (Å²) in [6.45, 7) is 3.29. The highest BCUT2D eigenvalue weighted by Gasteiger charge is 2.19. The summed E-state index contributed by atoms with van der Waals surface area (Å²) >= 11 is 0. The van der Waals surface area contributed by atoms with E-state index in [1.54, 1.807) is 18.6 Å². The van der Waals surface area contributed by atoms with Crippen LogP contribution in [0.3, 0.4) is 0 Å². The normalized spacial score (nSPS) is 17.1. The second kappa shape index (κ2) is 8.20. The van der Waals surface area contributed by atoms with Crippen LogP contribution in [0.15, 0.2) is 55.0 Å². The molecular formula is C20H22N6O. The SMILES string of the molecule is O[C@H]1CCN(CCNc2cc(-c3cccnc3)nc(-c3ccccn3)n2)C1. The lowest BCUT2D eigenvalue weighted by molar-refractivity contribution is 0.177. The maximum Gasteiger partial charge on any atom is 0.180 e. The van der Waals surface area contributed by atoms with Gasteiger partial charge in [0.1, 0.15) is 11.5 Å². The second-order valence-electron chi connectivity index (χ2n) is 6.59. The summed E-state index contributed by atoms with van der Waals surface area (Å²) in [4.78, 5) is 20.1. The van der Waals surface area contributed by atoms with Crippen molar-refractivity contribution in [2.75, 3.05) is 31.5 Å². The first-order chi connectivity index (χ1) is 13.3. The number of aliphatic hydroxyl groups is 1. The summed E-state index contributed by atoms with van der Waals surface area (Å²) in [5.41, 5.74) is 2.47. The van der Waals surface area contributed by atoms with Crippen molar-refractivity contribution in [3.8, 4) is 22.8 Å². The number of aliphatic hydroxyl groups excluding tert-OH is 1. The number of nitrogens with zero attached hydrogens (tertiary/aromatic N) is 5. The Morgan fingerprint density at radius 3 is 2.81 bits per heavy atom. The predicted octanol–water partition coefficient (Wildman–Crippen LogP) is 2.08. The Morgan fingerprint density at radius 2 is 2.07 bits per heavy atom. The van der Waals surface area contributed by atoms with Crippen LogP contribution in [0.25, 0.3) is 22.8 Å². The van der Waals surface area contributed by atoms with E-state index in [1.165, 1.54) is 0 Å². The maximum absolute atomic E-state index is 9.65. The molecule has 0 spiro atoms. The molecule has 4 rings (SSSR count). The van der Waals surface area contributed by atoms with E-state index in [0.717, 1.165) is 55.4 Å². The van der Waals surface area contributed by atoms with E-state index in [0.29, 0.717) is 5.82 Å². The lowest BCUT2D eigenvalue weighted by atomic mass is 10.2. The van der Waals surface area contributed by atoms with Gasteiger partial charge in [0.05, 0.1) is 11.8 Å². The standard InChI is InChI=1S/C20H22N6O/c27-16-6-10-26(14-16)11-9-23-19-12-18(15-4-3-7-21-13-15)24-20(25-19)17-5-1-2-8-22-17/h1-5,7-8,12-13,16,27H,6,9-11,14H2,(H,23,24,25)/t16-/m0/s1. The van der Waals surface area contributed by atoms with E-state index >= 15 is 0 Å². The van der Waals surface area contributed by atoms with E-state index in [-0.39, 0.29) is 6.10 Å². The lowest BCUT2D eigenvalue weighted by Crippen LogP contribution is -2.28. The molecule has 4 heterocycles. The second-order valence-corrected chi connectivity index (χ2v) is 6.59. The summed E-state index contributed by atoms with van der Waals surface area (Å²) in [6, 6.07) is 11.5. The van der Waals surface area contributed by atoms with Crippen molar-refractivity contribution in [1.82, 2.24) is 24.8 Å². The van der Waals surface area contributed by atoms with Crippen LogP contribution < -0.4 is 5.32 Å². The van der Waals surface area contributed by atoms with Gasteiger partial charge in [-0.25, -0.2) is 9.97 Å². The molecule has 0 radical (unpaired) electrons. The van der Waals surface area contributed by atoms with E-state index in [9.17, 15) is 5.11 Å². The Hall–Kier alpha value is -2.90. The van der Waals surface area contributed by atoms with Crippen LogP contribution in [0.4, 0.5) is 5.82 Å². The third kappa shape index (κ3) is 4.45. The zero-order chi connectivity index (χ0) is 18.5. The van der Waals surface area contributed by atoms with Gasteiger partial charge in [0.15, 0.2) is 5.82 Å². The van der Waals surface area contributed by atoms with Crippen LogP contribution in [-0.2, 0) is 0 Å². The summed E-state index contributed by atoms with van der Waals surface area (Å²) < 4.78 is 0. The highest BCUT2D eigenvalue weighted by molar-refractivity contribution is 5.65. The van der Waals surface area contributed by atoms with Crippen LogP contribution in [-0.4, -0.2) is 62.2 Å². The molecular weight excluding hydrogens is 340 g/mol. The molecule has 0 aliphatic carbocycles. The fraction of sp³-hybridized carbons (Fsp3) is 0.300. The molecule has 138 valence electrons. The van der Waals surface area contributed by atoms with Gasteiger partial charge < -0.3 is 10.4 Å². The smallest absolute Gasteiger partial charge is 0.180 e. The van der Waals surface area contributed by atoms with Gasteiger partial charge in [-0.3, -0.25) is 14.9 Å². The number of likely N-dealkylation sites (tertiary alicyclic amines) is 1. The minimum atomic E-state index is -0.197. The molecule has 1 saturated heterocycles. The van der Waals surface area contributed by atoms with Crippen LogP contribution in [0.5, 0.6) is 0 Å². The van der Waals surface area contributed by atoms with Gasteiger partial charge in [-0.15, -0.1) is 0 Å². The van der Waals surface area contributed by atoms with Crippen LogP contribution in [0, 0.1) is 0 Å². The molecule has 7 nitrogen and oxygen atoms in total. The number of pyridine rings is 2. The zero-order valence-electron chi connectivity index (χ0n) is 15.0. The molecule has 0 bridgehead atoms. The van der Waals surface area contributed by atoms with Crippen molar-refractivity contribution < 1.29 is 5.11 Å². The van der Waals surface area contributed by atoms with E-state index in [1.807, 2.05) is 36.4 Å². The van der Waals surface area contributed by atoms with Gasteiger partial charge in [-0.05, 0) is 30.7 Å². The van der Waals surface area contributed by atoms with E-state index in [2.05, 4.69) is 30.2 Å². The number of anilines is 1. The van der Waals surface area contributed by atoms with Gasteiger partial charge >= 0.3 is 0 Å². The van der Waals surface area contributed by atoms with Crippen LogP contribution in [0.1, 0.15) is 6.42 Å². The van der Waals surface area contributed by atoms with E-state index < -0.39 is 0 Å². The molecule has 7 heteroatoms. The Labute approximate surface area is 158 Å². The van der Waals surface area contributed by atoms with Crippen molar-refractivity contribution in [1.29, 1.82) is 0 Å². The fourth-order valence-corrected chi connectivity index (χ4v) is 3.17. The Kier molecular flexibility index (Phi) is 5.32. The van der Waals surface area contributed by atoms with Crippen LogP contribution >= 0.6 is 0 Å². The first-order valence-corrected chi connectivity index (χ1v) is 9.13. The number of rotatable bonds is 6. The maximum atomic E-state index is 9.65. The van der Waals surface area contributed by atoms with Gasteiger partial charge in [0.2, 0.25) is 0 Å². The quantitative estimate of drug-likeness (QED) is 0.694. The topological polar surface area (TPSA) is 87.1 Å². The summed E-state index contributed by atoms with van der Waals surface area (Å²) in [5, 5.41) is 13.0. The molecule has 1 fully saturated rings. The third-order valence-corrected chi connectivity index (χ3v) is 4.56. The van der Waals surface area contributed by atoms with Crippen molar-refractivity contribution in [3.63, 3.8) is 0 Å². The average Bonchev–Trinajstić information content (AvgIpc) is 3.14. The average molecular weight is 362 g/mol. The Morgan fingerprint density at radius 1 is 1.11 bits per heavy atom. The molecule has 1 aliphatic heterocycles. The zero-order valence-corrected chi connectivity index (χ0v) is 15.0. The molecule has 1 atom stereocenters. The number of hydrogen-bond acceptors (Lipinski definition) is 7. The van der Waals surface area contributed by atoms with Crippen molar-refractivity contribution >= 4 is 5.82 Å². The molecule has 2 N–H and O–H groups in total. The first kappa shape index (κ1) is 17.5. The Balaban J connectivity index is 1.56. The van der Waals surface area contributed by atoms with Crippen molar-refractivity contribution in [3.05, 3.63) is 55.0 Å². The number of hydrogen-bond donors (Lipinski definition) is 2. The van der Waals surface area contributed by atoms with E-state index in [4.69, 9.17) is 0 Å².